The molecule has 0 radical (unpaired) electrons. The molecule has 0 bridgehead atoms. The van der Waals surface area contributed by atoms with Crippen LogP contribution >= 0.6 is 0 Å². The molecule has 1 aromatic carbocycles. The Morgan fingerprint density at radius 3 is 2.56 bits per heavy atom. The average molecular weight is 339 g/mol. The first kappa shape index (κ1) is 16.9. The van der Waals surface area contributed by atoms with Crippen LogP contribution in [-0.4, -0.2) is 43.6 Å². The molecule has 0 N–H and O–H groups in total. The molecule has 0 unspecified atom stereocenters. The van der Waals surface area contributed by atoms with Crippen LogP contribution in [0.5, 0.6) is 0 Å². The summed E-state index contributed by atoms with van der Waals surface area (Å²) in [5.74, 6) is 0.611. The normalized spacial score (nSPS) is 11.0. The van der Waals surface area contributed by atoms with Crippen LogP contribution in [-0.2, 0) is 13.5 Å². The fourth-order valence-electron chi connectivity index (χ4n) is 2.61. The Morgan fingerprint density at radius 1 is 1.24 bits per heavy atom. The van der Waals surface area contributed by atoms with E-state index in [2.05, 4.69) is 9.97 Å². The van der Waals surface area contributed by atoms with Crippen LogP contribution in [0.15, 0.2) is 35.3 Å². The van der Waals surface area contributed by atoms with Gasteiger partial charge in [-0.3, -0.25) is 4.57 Å². The maximum Gasteiger partial charge on any atom is 0.338 e. The molecule has 1 amide bonds. The molecule has 130 valence electrons. The lowest BCUT2D eigenvalue weighted by atomic mass is 10.1. The van der Waals surface area contributed by atoms with Gasteiger partial charge in [0.15, 0.2) is 5.65 Å². The predicted molar refractivity (Wildman–Crippen MR) is 95.9 cm³/mol. The van der Waals surface area contributed by atoms with Crippen LogP contribution in [0, 0.1) is 6.92 Å². The monoisotopic (exact) mass is 339 g/mol. The Morgan fingerprint density at radius 2 is 1.92 bits per heavy atom. The molecule has 2 heterocycles. The molecule has 3 aromatic rings. The molecular weight excluding hydrogens is 318 g/mol. The summed E-state index contributed by atoms with van der Waals surface area (Å²) in [5, 5.41) is 0. The number of rotatable bonds is 3. The van der Waals surface area contributed by atoms with Crippen LogP contribution in [0.2, 0.25) is 0 Å². The van der Waals surface area contributed by atoms with E-state index in [4.69, 9.17) is 0 Å². The van der Waals surface area contributed by atoms with Gasteiger partial charge in [0.1, 0.15) is 11.3 Å². The van der Waals surface area contributed by atoms with Gasteiger partial charge in [0.2, 0.25) is 0 Å². The standard InChI is InChI=1S/C18H21N5O2/c1-5-21(3)17(24)23-14-11-19-15(20-16(14)22(4)18(23)25)10-13-8-6-12(2)7-9-13/h6-9,11H,5,10H2,1-4H3. The van der Waals surface area contributed by atoms with Gasteiger partial charge in [0.25, 0.3) is 0 Å². The van der Waals surface area contributed by atoms with E-state index >= 15 is 0 Å². The zero-order valence-electron chi connectivity index (χ0n) is 14.9. The van der Waals surface area contributed by atoms with Crippen molar-refractivity contribution in [1.82, 2.24) is 24.0 Å². The number of amides is 1. The van der Waals surface area contributed by atoms with Gasteiger partial charge in [-0.15, -0.1) is 0 Å². The minimum Gasteiger partial charge on any atom is -0.327 e. The summed E-state index contributed by atoms with van der Waals surface area (Å²) in [6.45, 7) is 4.40. The molecule has 0 atom stereocenters. The molecule has 2 aromatic heterocycles. The topological polar surface area (TPSA) is 73.0 Å². The summed E-state index contributed by atoms with van der Waals surface area (Å²) in [6.07, 6.45) is 2.12. The van der Waals surface area contributed by atoms with Gasteiger partial charge in [-0.25, -0.2) is 24.1 Å². The smallest absolute Gasteiger partial charge is 0.327 e. The molecule has 0 spiro atoms. The summed E-state index contributed by atoms with van der Waals surface area (Å²) in [6, 6.07) is 7.77. The number of nitrogens with zero attached hydrogens (tertiary/aromatic N) is 5. The van der Waals surface area contributed by atoms with E-state index in [0.717, 1.165) is 10.1 Å². The lowest BCUT2D eigenvalue weighted by Crippen LogP contribution is -2.37. The first-order valence-electron chi connectivity index (χ1n) is 8.16. The molecule has 25 heavy (non-hydrogen) atoms. The van der Waals surface area contributed by atoms with Gasteiger partial charge in [-0.05, 0) is 19.4 Å². The number of aromatic nitrogens is 4. The highest BCUT2D eigenvalue weighted by atomic mass is 16.2. The SMILES string of the molecule is CCN(C)C(=O)n1c(=O)n(C)c2nc(Cc3ccc(C)cc3)ncc21. The van der Waals surface area contributed by atoms with Crippen molar-refractivity contribution < 1.29 is 4.79 Å². The molecule has 0 fully saturated rings. The number of carbonyl (C=O) groups excluding carboxylic acids is 1. The number of fused-ring (bicyclic) bond motifs is 1. The van der Waals surface area contributed by atoms with E-state index in [1.165, 1.54) is 15.0 Å². The van der Waals surface area contributed by atoms with Crippen molar-refractivity contribution in [3.05, 3.63) is 57.9 Å². The van der Waals surface area contributed by atoms with Crippen molar-refractivity contribution in [3.8, 4) is 0 Å². The van der Waals surface area contributed by atoms with Crippen molar-refractivity contribution in [2.45, 2.75) is 20.3 Å². The van der Waals surface area contributed by atoms with Crippen molar-refractivity contribution in [2.75, 3.05) is 13.6 Å². The molecule has 7 nitrogen and oxygen atoms in total. The second kappa shape index (κ2) is 6.51. The summed E-state index contributed by atoms with van der Waals surface area (Å²) in [4.78, 5) is 35.2. The Bertz CT molecular complexity index is 985. The minimum absolute atomic E-state index is 0.381. The van der Waals surface area contributed by atoms with Gasteiger partial charge in [-0.1, -0.05) is 29.8 Å². The van der Waals surface area contributed by atoms with Gasteiger partial charge < -0.3 is 4.90 Å². The maximum atomic E-state index is 12.5. The molecule has 3 rings (SSSR count). The Balaban J connectivity index is 2.04. The zero-order valence-corrected chi connectivity index (χ0v) is 14.9. The Hall–Kier alpha value is -2.96. The van der Waals surface area contributed by atoms with E-state index in [1.54, 1.807) is 20.3 Å². The summed E-state index contributed by atoms with van der Waals surface area (Å²) in [5.41, 5.74) is 2.75. The predicted octanol–water partition coefficient (Wildman–Crippen LogP) is 1.95. The third-order valence-electron chi connectivity index (χ3n) is 4.31. The number of benzene rings is 1. The van der Waals surface area contributed by atoms with Gasteiger partial charge in [0, 0.05) is 27.1 Å². The second-order valence-electron chi connectivity index (χ2n) is 6.13. The molecule has 0 saturated carbocycles. The fourth-order valence-corrected chi connectivity index (χ4v) is 2.61. The number of aryl methyl sites for hydroxylation is 2. The first-order chi connectivity index (χ1) is 11.9. The molecule has 7 heteroatoms. The zero-order chi connectivity index (χ0) is 18.1. The number of hydrogen-bond acceptors (Lipinski definition) is 4. The van der Waals surface area contributed by atoms with Crippen molar-refractivity contribution in [3.63, 3.8) is 0 Å². The van der Waals surface area contributed by atoms with Crippen LogP contribution in [0.3, 0.4) is 0 Å². The van der Waals surface area contributed by atoms with Crippen LogP contribution in [0.4, 0.5) is 4.79 Å². The molecular formula is C18H21N5O2. The summed E-state index contributed by atoms with van der Waals surface area (Å²) < 4.78 is 2.51. The third kappa shape index (κ3) is 3.05. The molecule has 0 aliphatic rings. The highest BCUT2D eigenvalue weighted by Crippen LogP contribution is 2.13. The Labute approximate surface area is 145 Å². The largest absolute Gasteiger partial charge is 0.338 e. The van der Waals surface area contributed by atoms with Gasteiger partial charge >= 0.3 is 11.7 Å². The lowest BCUT2D eigenvalue weighted by Gasteiger charge is -2.14. The number of carbonyl (C=O) groups is 1. The number of imidazole rings is 1. The van der Waals surface area contributed by atoms with E-state index in [-0.39, 0.29) is 6.03 Å². The second-order valence-corrected chi connectivity index (χ2v) is 6.13. The summed E-state index contributed by atoms with van der Waals surface area (Å²) >= 11 is 0. The van der Waals surface area contributed by atoms with Gasteiger partial charge in [0.05, 0.1) is 6.20 Å². The summed E-state index contributed by atoms with van der Waals surface area (Å²) in [7, 11) is 3.27. The Kier molecular flexibility index (Phi) is 4.39. The average Bonchev–Trinajstić information content (AvgIpc) is 2.86. The number of hydrogen-bond donors (Lipinski definition) is 0. The van der Waals surface area contributed by atoms with E-state index < -0.39 is 5.69 Å². The van der Waals surface area contributed by atoms with E-state index in [0.29, 0.717) is 30.0 Å². The maximum absolute atomic E-state index is 12.5. The first-order valence-corrected chi connectivity index (χ1v) is 8.16. The minimum atomic E-state index is -0.415. The van der Waals surface area contributed by atoms with Crippen molar-refractivity contribution in [2.24, 2.45) is 7.05 Å². The third-order valence-corrected chi connectivity index (χ3v) is 4.31. The van der Waals surface area contributed by atoms with Gasteiger partial charge in [-0.2, -0.15) is 0 Å². The highest BCUT2D eigenvalue weighted by molar-refractivity contribution is 5.87. The molecule has 0 aliphatic heterocycles. The van der Waals surface area contributed by atoms with Crippen molar-refractivity contribution >= 4 is 17.2 Å². The van der Waals surface area contributed by atoms with Crippen LogP contribution < -0.4 is 5.69 Å². The molecule has 0 saturated heterocycles. The molecule has 0 aliphatic carbocycles. The van der Waals surface area contributed by atoms with Crippen LogP contribution in [0.1, 0.15) is 23.9 Å². The van der Waals surface area contributed by atoms with E-state index in [9.17, 15) is 9.59 Å². The highest BCUT2D eigenvalue weighted by Gasteiger charge is 2.20. The van der Waals surface area contributed by atoms with Crippen LogP contribution in [0.25, 0.3) is 11.2 Å². The van der Waals surface area contributed by atoms with E-state index in [1.807, 2.05) is 38.1 Å². The van der Waals surface area contributed by atoms with Crippen molar-refractivity contribution in [1.29, 1.82) is 0 Å². The fraction of sp³-hybridized carbons (Fsp3) is 0.333. The quantitative estimate of drug-likeness (QED) is 0.731. The lowest BCUT2D eigenvalue weighted by molar-refractivity contribution is 0.212.